The summed E-state index contributed by atoms with van der Waals surface area (Å²) in [5.41, 5.74) is -2.66. The number of nitrogens with zero attached hydrogens (tertiary/aromatic N) is 1. The molecule has 4 aliphatic heterocycles. The number of methoxy groups -OCH3 is 2. The number of aliphatic hydroxyl groups excluding tert-OH is 2. The number of hydrogen-bond donors (Lipinski definition) is 2. The first-order valence-corrected chi connectivity index (χ1v) is 19.5. The van der Waals surface area contributed by atoms with E-state index in [9.17, 15) is 19.8 Å². The molecule has 4 rings (SSSR count). The number of ether oxygens (including phenoxy) is 8. The monoisotopic (exact) mass is 755 g/mol. The van der Waals surface area contributed by atoms with Crippen molar-refractivity contribution in [3.05, 3.63) is 11.3 Å². The number of aliphatic hydroxyl groups is 2. The van der Waals surface area contributed by atoms with Crippen LogP contribution in [-0.2, 0) is 47.5 Å². The maximum Gasteiger partial charge on any atom is 0.311 e. The molecule has 0 amide bonds. The average Bonchev–Trinajstić information content (AvgIpc) is 3.43. The lowest BCUT2D eigenvalue weighted by atomic mass is 9.79. The zero-order valence-corrected chi connectivity index (χ0v) is 34.8. The largest absolute Gasteiger partial charge is 0.488 e. The van der Waals surface area contributed by atoms with E-state index in [2.05, 4.69) is 18.7 Å². The number of fused-ring (bicyclic) bond motifs is 2. The van der Waals surface area contributed by atoms with Crippen molar-refractivity contribution in [1.29, 1.82) is 0 Å². The van der Waals surface area contributed by atoms with Crippen LogP contribution in [0.15, 0.2) is 11.3 Å². The van der Waals surface area contributed by atoms with E-state index in [1.807, 2.05) is 41.7 Å². The Hall–Kier alpha value is -1.68. The molecule has 306 valence electrons. The highest BCUT2D eigenvalue weighted by molar-refractivity contribution is 5.92. The standard InChI is InChI=1S/C40H69NO12/c1-16-28-40(12,47-15)33(43)23(6)31-21(4)18-39(11,53-31)35(52-37-30(42)27(17-22(5)48-37)41(13)20(2)3)24(7)32(25(8)36(45)50-28)51-29-19-38(10,46-14)34(44)26(9)49-29/h20,22-30,32,34-35,37,42,44H,16-19H2,1-15H3/t22?,23-,24?,25?,26?,27?,28?,29-,30+,32?,34-,35+,37?,38?,39-,40?/m1/s1. The van der Waals surface area contributed by atoms with Crippen LogP contribution in [0.3, 0.4) is 0 Å². The van der Waals surface area contributed by atoms with Gasteiger partial charge >= 0.3 is 5.97 Å². The summed E-state index contributed by atoms with van der Waals surface area (Å²) in [7, 11) is 4.97. The fourth-order valence-electron chi connectivity index (χ4n) is 9.05. The van der Waals surface area contributed by atoms with E-state index >= 15 is 0 Å². The molecule has 0 aromatic carbocycles. The number of ketones is 1. The normalized spacial score (nSPS) is 46.1. The van der Waals surface area contributed by atoms with Gasteiger partial charge in [-0.1, -0.05) is 13.8 Å². The molecule has 3 saturated heterocycles. The third-order valence-corrected chi connectivity index (χ3v) is 12.8. The fourth-order valence-corrected chi connectivity index (χ4v) is 9.05. The van der Waals surface area contributed by atoms with Crippen molar-refractivity contribution in [2.45, 2.75) is 193 Å². The van der Waals surface area contributed by atoms with E-state index in [0.29, 0.717) is 25.0 Å². The number of rotatable bonds is 9. The van der Waals surface area contributed by atoms with Crippen LogP contribution < -0.4 is 0 Å². The Morgan fingerprint density at radius 1 is 0.981 bits per heavy atom. The third kappa shape index (κ3) is 8.54. The summed E-state index contributed by atoms with van der Waals surface area (Å²) in [5.74, 6) is -2.59. The predicted molar refractivity (Wildman–Crippen MR) is 197 cm³/mol. The van der Waals surface area contributed by atoms with Crippen molar-refractivity contribution in [2.24, 2.45) is 17.8 Å². The van der Waals surface area contributed by atoms with Crippen LogP contribution in [-0.4, -0.2) is 132 Å². The molecule has 13 nitrogen and oxygen atoms in total. The lowest BCUT2D eigenvalue weighted by Crippen LogP contribution is -2.61. The van der Waals surface area contributed by atoms with Crippen molar-refractivity contribution in [3.8, 4) is 0 Å². The number of esters is 1. The molecule has 0 aromatic rings. The zero-order valence-electron chi connectivity index (χ0n) is 34.8. The second-order valence-electron chi connectivity index (χ2n) is 17.1. The number of carbonyl (C=O) groups excluding carboxylic acids is 2. The quantitative estimate of drug-likeness (QED) is 0.318. The highest BCUT2D eigenvalue weighted by Crippen LogP contribution is 2.47. The SMILES string of the molecule is CCC1OC(=O)C(C)C(O[C@@H]2CC(C)(OC)[C@H](O)C(C)O2)C(C)[C@H](OC2OC(C)CC(N(C)C(C)C)[C@@H]2O)[C@@]2(C)CC(C)=C(O2)[C@@H](C)C(=O)C1(C)OC. The maximum absolute atomic E-state index is 14.4. The molecular weight excluding hydrogens is 686 g/mol. The lowest BCUT2D eigenvalue weighted by molar-refractivity contribution is -0.317. The van der Waals surface area contributed by atoms with E-state index in [4.69, 9.17) is 37.9 Å². The summed E-state index contributed by atoms with van der Waals surface area (Å²) in [5, 5.41) is 22.8. The van der Waals surface area contributed by atoms with Crippen LogP contribution in [0.4, 0.5) is 0 Å². The van der Waals surface area contributed by atoms with Gasteiger partial charge in [0.1, 0.15) is 35.8 Å². The fraction of sp³-hybridized carbons (Fsp3) is 0.900. The van der Waals surface area contributed by atoms with Gasteiger partial charge in [0.2, 0.25) is 0 Å². The summed E-state index contributed by atoms with van der Waals surface area (Å²) >= 11 is 0. The van der Waals surface area contributed by atoms with Gasteiger partial charge in [0.15, 0.2) is 24.0 Å². The minimum Gasteiger partial charge on any atom is -0.488 e. The van der Waals surface area contributed by atoms with E-state index in [1.54, 1.807) is 34.6 Å². The highest BCUT2D eigenvalue weighted by atomic mass is 16.7. The predicted octanol–water partition coefficient (Wildman–Crippen LogP) is 4.53. The second-order valence-corrected chi connectivity index (χ2v) is 17.1. The molecule has 0 radical (unpaired) electrons. The van der Waals surface area contributed by atoms with Gasteiger partial charge in [0, 0.05) is 45.1 Å². The number of hydrogen-bond acceptors (Lipinski definition) is 13. The summed E-state index contributed by atoms with van der Waals surface area (Å²) in [6.07, 6.45) is -5.84. The molecule has 13 heteroatoms. The average molecular weight is 756 g/mol. The van der Waals surface area contributed by atoms with Gasteiger partial charge in [-0.05, 0) is 94.7 Å². The van der Waals surface area contributed by atoms with Crippen LogP contribution in [0.25, 0.3) is 0 Å². The van der Waals surface area contributed by atoms with Crippen LogP contribution in [0.2, 0.25) is 0 Å². The van der Waals surface area contributed by atoms with Crippen LogP contribution in [0.5, 0.6) is 0 Å². The molecular formula is C40H69NO12. The Kier molecular flexibility index (Phi) is 14.0. The van der Waals surface area contributed by atoms with E-state index < -0.39 is 89.7 Å². The Bertz CT molecular complexity index is 1330. The number of allylic oxidation sites excluding steroid dienone is 1. The van der Waals surface area contributed by atoms with Crippen LogP contribution >= 0.6 is 0 Å². The minimum absolute atomic E-state index is 0.164. The first kappa shape index (κ1) is 44.0. The van der Waals surface area contributed by atoms with E-state index in [-0.39, 0.29) is 30.4 Å². The minimum atomic E-state index is -1.48. The number of likely N-dealkylation sites (N-methyl/N-ethyl adjacent to an activating group) is 1. The number of carbonyl (C=O) groups is 2. The maximum atomic E-state index is 14.4. The lowest BCUT2D eigenvalue weighted by Gasteiger charge is -2.49. The summed E-state index contributed by atoms with van der Waals surface area (Å²) in [4.78, 5) is 30.8. The molecule has 4 heterocycles. The molecule has 4 aliphatic rings. The van der Waals surface area contributed by atoms with Crippen molar-refractivity contribution in [2.75, 3.05) is 21.3 Å². The summed E-state index contributed by atoms with van der Waals surface area (Å²) < 4.78 is 51.1. The second kappa shape index (κ2) is 16.8. The molecule has 0 aromatic heterocycles. The smallest absolute Gasteiger partial charge is 0.311 e. The van der Waals surface area contributed by atoms with Crippen molar-refractivity contribution in [3.63, 3.8) is 0 Å². The van der Waals surface area contributed by atoms with Crippen molar-refractivity contribution < 1.29 is 57.7 Å². The molecule has 53 heavy (non-hydrogen) atoms. The number of cyclic esters (lactones) is 1. The van der Waals surface area contributed by atoms with Gasteiger partial charge in [-0.25, -0.2) is 0 Å². The summed E-state index contributed by atoms with van der Waals surface area (Å²) in [6.45, 7) is 22.5. The molecule has 0 spiro atoms. The van der Waals surface area contributed by atoms with Gasteiger partial charge in [-0.2, -0.15) is 0 Å². The van der Waals surface area contributed by atoms with Crippen molar-refractivity contribution >= 4 is 11.8 Å². The first-order valence-electron chi connectivity index (χ1n) is 19.5. The van der Waals surface area contributed by atoms with Gasteiger partial charge in [-0.3, -0.25) is 14.5 Å². The van der Waals surface area contributed by atoms with Gasteiger partial charge < -0.3 is 48.1 Å². The van der Waals surface area contributed by atoms with Crippen LogP contribution in [0.1, 0.15) is 109 Å². The Balaban J connectivity index is 1.86. The molecule has 0 aliphatic carbocycles. The van der Waals surface area contributed by atoms with Crippen LogP contribution in [0, 0.1) is 17.8 Å². The first-order chi connectivity index (χ1) is 24.6. The molecule has 16 atom stereocenters. The Morgan fingerprint density at radius 3 is 2.19 bits per heavy atom. The molecule has 3 fully saturated rings. The molecule has 0 saturated carbocycles. The van der Waals surface area contributed by atoms with E-state index in [1.165, 1.54) is 14.2 Å². The molecule has 2 N–H and O–H groups in total. The van der Waals surface area contributed by atoms with Gasteiger partial charge in [0.25, 0.3) is 0 Å². The Morgan fingerprint density at radius 2 is 1.62 bits per heavy atom. The summed E-state index contributed by atoms with van der Waals surface area (Å²) in [6, 6.07) is -0.0782. The number of Topliss-reactive ketones (excluding diaryl/α,β-unsaturated/α-hetero) is 1. The van der Waals surface area contributed by atoms with E-state index in [0.717, 1.165) is 5.57 Å². The van der Waals surface area contributed by atoms with Crippen molar-refractivity contribution in [1.82, 2.24) is 4.90 Å². The molecule has 2 bridgehead atoms. The Labute approximate surface area is 317 Å². The van der Waals surface area contributed by atoms with Gasteiger partial charge in [0.05, 0.1) is 35.7 Å². The zero-order chi connectivity index (χ0) is 40.0. The molecule has 10 unspecified atom stereocenters. The topological polar surface area (TPSA) is 152 Å². The van der Waals surface area contributed by atoms with Gasteiger partial charge in [-0.15, -0.1) is 0 Å². The highest BCUT2D eigenvalue weighted by Gasteiger charge is 2.56. The third-order valence-electron chi connectivity index (χ3n) is 12.8.